The first-order chi connectivity index (χ1) is 13.7. The predicted molar refractivity (Wildman–Crippen MR) is 129 cm³/mol. The van der Waals surface area contributed by atoms with E-state index in [0.717, 1.165) is 18.3 Å². The van der Waals surface area contributed by atoms with Crippen LogP contribution in [0.2, 0.25) is 0 Å². The van der Waals surface area contributed by atoms with E-state index in [1.165, 1.54) is 15.9 Å². The normalized spacial score (nSPS) is 22.2. The van der Waals surface area contributed by atoms with Crippen molar-refractivity contribution in [1.82, 2.24) is 0 Å². The van der Waals surface area contributed by atoms with E-state index >= 15 is 0 Å². The number of rotatable bonds is 4. The van der Waals surface area contributed by atoms with Gasteiger partial charge in [0.05, 0.1) is 11.2 Å². The van der Waals surface area contributed by atoms with Gasteiger partial charge < -0.3 is 9.31 Å². The highest BCUT2D eigenvalue weighted by Gasteiger charge is 2.51. The molecule has 0 spiro atoms. The molecule has 2 aromatic carbocycles. The van der Waals surface area contributed by atoms with Crippen LogP contribution in [0.3, 0.4) is 0 Å². The Morgan fingerprint density at radius 2 is 1.45 bits per heavy atom. The summed E-state index contributed by atoms with van der Waals surface area (Å²) in [5.41, 5.74) is 0.363. The molecule has 1 atom stereocenters. The lowest BCUT2D eigenvalue weighted by molar-refractivity contribution is 0.00578. The first-order valence-electron chi connectivity index (χ1n) is 10.2. The van der Waals surface area contributed by atoms with Crippen LogP contribution in [0, 0.1) is 0 Å². The van der Waals surface area contributed by atoms with E-state index in [0.29, 0.717) is 0 Å². The van der Waals surface area contributed by atoms with Crippen molar-refractivity contribution in [3.63, 3.8) is 0 Å². The van der Waals surface area contributed by atoms with Crippen molar-refractivity contribution in [2.45, 2.75) is 51.7 Å². The molecule has 1 fully saturated rings. The highest BCUT2D eigenvalue weighted by Crippen LogP contribution is 2.54. The van der Waals surface area contributed by atoms with E-state index in [2.05, 4.69) is 101 Å². The summed E-state index contributed by atoms with van der Waals surface area (Å²) in [6.45, 7) is 8.33. The van der Waals surface area contributed by atoms with Gasteiger partial charge in [-0.25, -0.2) is 0 Å². The fourth-order valence-electron chi connectivity index (χ4n) is 3.79. The number of hydrogen-bond donors (Lipinski definition) is 0. The van der Waals surface area contributed by atoms with Crippen molar-refractivity contribution in [3.05, 3.63) is 78.1 Å². The van der Waals surface area contributed by atoms with Crippen LogP contribution in [0.25, 0.3) is 0 Å². The summed E-state index contributed by atoms with van der Waals surface area (Å²) in [6.07, 6.45) is 8.70. The lowest BCUT2D eigenvalue weighted by Gasteiger charge is -2.32. The van der Waals surface area contributed by atoms with Crippen LogP contribution in [0.4, 0.5) is 0 Å². The van der Waals surface area contributed by atoms with Crippen molar-refractivity contribution in [1.29, 1.82) is 0 Å². The van der Waals surface area contributed by atoms with Crippen molar-refractivity contribution >= 4 is 41.0 Å². The van der Waals surface area contributed by atoms with Gasteiger partial charge in [0.2, 0.25) is 0 Å². The number of benzene rings is 2. The van der Waals surface area contributed by atoms with Gasteiger partial charge in [0, 0.05) is 6.04 Å². The van der Waals surface area contributed by atoms with E-state index in [-0.39, 0.29) is 18.3 Å². The molecule has 29 heavy (non-hydrogen) atoms. The van der Waals surface area contributed by atoms with Gasteiger partial charge in [-0.15, -0.1) is 0 Å². The summed E-state index contributed by atoms with van der Waals surface area (Å²) >= 11 is 6.45. The van der Waals surface area contributed by atoms with Crippen LogP contribution in [0.1, 0.15) is 40.5 Å². The minimum Gasteiger partial charge on any atom is -0.399 e. The number of hydrogen-bond acceptors (Lipinski definition) is 3. The molecule has 0 radical (unpaired) electrons. The molecule has 2 nitrogen and oxygen atoms in total. The Morgan fingerprint density at radius 1 is 0.862 bits per heavy atom. The smallest absolute Gasteiger partial charge is 0.399 e. The van der Waals surface area contributed by atoms with Gasteiger partial charge in [-0.1, -0.05) is 84.6 Å². The van der Waals surface area contributed by atoms with Gasteiger partial charge in [-0.2, -0.15) is 0 Å². The minimum atomic E-state index is -2.04. The van der Waals surface area contributed by atoms with Crippen LogP contribution in [0.5, 0.6) is 0 Å². The topological polar surface area (TPSA) is 18.5 Å². The molecule has 1 unspecified atom stereocenters. The molecule has 2 aromatic rings. The Labute approximate surface area is 180 Å². The molecule has 1 saturated heterocycles. The summed E-state index contributed by atoms with van der Waals surface area (Å²) in [5, 5.41) is 3.85. The molecule has 2 aliphatic rings. The second-order valence-corrected chi connectivity index (χ2v) is 13.2. The summed E-state index contributed by atoms with van der Waals surface area (Å²) in [7, 11) is -0.347. The molecule has 0 saturated carbocycles. The average Bonchev–Trinajstić information content (AvgIpc) is 2.96. The lowest BCUT2D eigenvalue weighted by Crippen LogP contribution is -2.41. The zero-order chi connectivity index (χ0) is 20.7. The second-order valence-electron chi connectivity index (χ2n) is 8.75. The van der Waals surface area contributed by atoms with E-state index in [1.54, 1.807) is 0 Å². The molecule has 0 bridgehead atoms. The second kappa shape index (κ2) is 7.67. The van der Waals surface area contributed by atoms with Crippen molar-refractivity contribution < 1.29 is 9.31 Å². The SMILES string of the molecule is CC1(C)OB(c2ccc(P(=S)(C3=CC=CCC3)c3ccccc3)cc2)OC1(C)C. The van der Waals surface area contributed by atoms with Crippen LogP contribution >= 0.6 is 6.04 Å². The molecular weight excluding hydrogens is 394 g/mol. The lowest BCUT2D eigenvalue weighted by atomic mass is 9.79. The molecule has 0 amide bonds. The quantitative estimate of drug-likeness (QED) is 0.528. The molecule has 150 valence electrons. The van der Waals surface area contributed by atoms with Crippen molar-refractivity contribution in [3.8, 4) is 0 Å². The Kier molecular flexibility index (Phi) is 5.50. The van der Waals surface area contributed by atoms with Gasteiger partial charge in [-0.05, 0) is 61.9 Å². The third-order valence-electron chi connectivity index (χ3n) is 6.30. The highest BCUT2D eigenvalue weighted by atomic mass is 32.4. The Balaban J connectivity index is 1.71. The number of allylic oxidation sites excluding steroid dienone is 4. The van der Waals surface area contributed by atoms with Crippen LogP contribution in [0.15, 0.2) is 78.1 Å². The van der Waals surface area contributed by atoms with Gasteiger partial charge in [0.25, 0.3) is 0 Å². The van der Waals surface area contributed by atoms with Gasteiger partial charge >= 0.3 is 7.12 Å². The third-order valence-corrected chi connectivity index (χ3v) is 11.5. The van der Waals surface area contributed by atoms with Gasteiger partial charge in [0.15, 0.2) is 0 Å². The van der Waals surface area contributed by atoms with Crippen LogP contribution < -0.4 is 16.1 Å². The van der Waals surface area contributed by atoms with E-state index < -0.39 is 6.04 Å². The monoisotopic (exact) mass is 422 g/mol. The summed E-state index contributed by atoms with van der Waals surface area (Å²) < 4.78 is 12.4. The molecule has 4 rings (SSSR count). The van der Waals surface area contributed by atoms with Crippen LogP contribution in [-0.2, 0) is 21.1 Å². The van der Waals surface area contributed by atoms with E-state index in [4.69, 9.17) is 21.1 Å². The minimum absolute atomic E-state index is 0.339. The third kappa shape index (κ3) is 3.73. The predicted octanol–water partition coefficient (Wildman–Crippen LogP) is 4.65. The maximum atomic E-state index is 6.45. The Bertz CT molecular complexity index is 977. The Hall–Kier alpha value is -1.45. The maximum absolute atomic E-state index is 6.45. The molecular formula is C24H28BO2PS. The fourth-order valence-corrected chi connectivity index (χ4v) is 7.84. The largest absolute Gasteiger partial charge is 0.494 e. The first-order valence-corrected chi connectivity index (χ1v) is 13.0. The summed E-state index contributed by atoms with van der Waals surface area (Å²) in [5.74, 6) is 0. The van der Waals surface area contributed by atoms with E-state index in [9.17, 15) is 0 Å². The molecule has 0 aromatic heterocycles. The molecule has 1 aliphatic carbocycles. The summed E-state index contributed by atoms with van der Waals surface area (Å²) in [4.78, 5) is 0. The molecule has 5 heteroatoms. The van der Waals surface area contributed by atoms with Gasteiger partial charge in [0.1, 0.15) is 0 Å². The molecule has 0 N–H and O–H groups in total. The molecule has 1 heterocycles. The fraction of sp³-hybridized carbons (Fsp3) is 0.333. The summed E-state index contributed by atoms with van der Waals surface area (Å²) in [6, 6.07) is 17.2. The van der Waals surface area contributed by atoms with Gasteiger partial charge in [-0.3, -0.25) is 0 Å². The highest BCUT2D eigenvalue weighted by molar-refractivity contribution is 8.23. The van der Waals surface area contributed by atoms with Crippen molar-refractivity contribution in [2.75, 3.05) is 0 Å². The van der Waals surface area contributed by atoms with Crippen LogP contribution in [-0.4, -0.2) is 18.3 Å². The first kappa shape index (κ1) is 20.8. The zero-order valence-corrected chi connectivity index (χ0v) is 19.3. The standard InChI is InChI=1S/C24H28BO2PS/c1-23(2)24(3,4)27-25(26-23)19-15-17-22(18-16-19)28(29,20-11-7-5-8-12-20)21-13-9-6-10-14-21/h5-9,11-13,15-18H,10,14H2,1-4H3. The van der Waals surface area contributed by atoms with E-state index in [1.807, 2.05) is 0 Å². The van der Waals surface area contributed by atoms with Crippen molar-refractivity contribution in [2.24, 2.45) is 0 Å². The zero-order valence-electron chi connectivity index (χ0n) is 17.6. The Morgan fingerprint density at radius 3 is 2.00 bits per heavy atom. The average molecular weight is 422 g/mol. The maximum Gasteiger partial charge on any atom is 0.494 e. The molecule has 1 aliphatic heterocycles.